The van der Waals surface area contributed by atoms with Gasteiger partial charge in [0, 0.05) is 112 Å². The van der Waals surface area contributed by atoms with Gasteiger partial charge in [-0.3, -0.25) is 0 Å². The number of benzene rings is 20. The van der Waals surface area contributed by atoms with Gasteiger partial charge < -0.3 is 9.13 Å². The van der Waals surface area contributed by atoms with Gasteiger partial charge in [-0.15, -0.1) is 22.7 Å². The van der Waals surface area contributed by atoms with Crippen LogP contribution >= 0.6 is 22.7 Å². The Balaban J connectivity index is 0.000000145. The summed E-state index contributed by atoms with van der Waals surface area (Å²) < 4.78 is 9.76. The highest BCUT2D eigenvalue weighted by atomic mass is 32.1. The van der Waals surface area contributed by atoms with Crippen molar-refractivity contribution in [3.05, 3.63) is 485 Å². The zero-order valence-electron chi connectivity index (χ0n) is 73.6. The van der Waals surface area contributed by atoms with Crippen LogP contribution < -0.4 is 0 Å². The molecule has 8 nitrogen and oxygen atoms in total. The molecule has 636 valence electrons. The van der Waals surface area contributed by atoms with E-state index >= 15 is 0 Å². The van der Waals surface area contributed by atoms with Crippen LogP contribution in [-0.2, 0) is 0 Å². The fourth-order valence-corrected chi connectivity index (χ4v) is 22.1. The highest BCUT2D eigenvalue weighted by molar-refractivity contribution is 7.26. The average Bonchev–Trinajstić information content (AvgIpc) is 1.56. The molecule has 6 heterocycles. The molecule has 0 N–H and O–H groups in total. The molecule has 0 radical (unpaired) electrons. The summed E-state index contributed by atoms with van der Waals surface area (Å²) in [4.78, 5) is 31.6. The fraction of sp³-hybridized carbons (Fsp3) is 0. The smallest absolute Gasteiger partial charge is 0.164 e. The maximum atomic E-state index is 5.36. The van der Waals surface area contributed by atoms with Crippen LogP contribution in [0.5, 0.6) is 0 Å². The van der Waals surface area contributed by atoms with Crippen LogP contribution in [0.15, 0.2) is 485 Å². The summed E-state index contributed by atoms with van der Waals surface area (Å²) in [5.74, 6) is 3.73. The number of rotatable bonds is 16. The van der Waals surface area contributed by atoms with Gasteiger partial charge in [0.15, 0.2) is 34.9 Å². The van der Waals surface area contributed by atoms with Gasteiger partial charge in [0.2, 0.25) is 0 Å². The Kier molecular flexibility index (Phi) is 20.5. The average molecular weight is 1770 g/mol. The van der Waals surface area contributed by atoms with Crippen LogP contribution in [0, 0.1) is 0 Å². The summed E-state index contributed by atoms with van der Waals surface area (Å²) in [7, 11) is 0. The summed E-state index contributed by atoms with van der Waals surface area (Å²) in [6.07, 6.45) is 0. The van der Waals surface area contributed by atoms with Gasteiger partial charge in [-0.1, -0.05) is 394 Å². The van der Waals surface area contributed by atoms with Crippen LogP contribution in [0.4, 0.5) is 0 Å². The van der Waals surface area contributed by atoms with Crippen molar-refractivity contribution in [3.8, 4) is 169 Å². The van der Waals surface area contributed by atoms with E-state index in [0.717, 1.165) is 123 Å². The molecule has 0 aliphatic rings. The third kappa shape index (κ3) is 14.8. The lowest BCUT2D eigenvalue weighted by Gasteiger charge is -2.17. The molecule has 10 heteroatoms. The fourth-order valence-electron chi connectivity index (χ4n) is 19.7. The minimum atomic E-state index is 0.613. The number of nitrogens with zero attached hydrogens (tertiary/aromatic N) is 8. The Morgan fingerprint density at radius 2 is 0.441 bits per heavy atom. The Morgan fingerprint density at radius 3 is 0.868 bits per heavy atom. The van der Waals surface area contributed by atoms with Gasteiger partial charge in [0.05, 0.1) is 22.1 Å². The number of fused-ring (bicyclic) bond motifs is 12. The second-order valence-electron chi connectivity index (χ2n) is 34.3. The van der Waals surface area contributed by atoms with Crippen LogP contribution in [0.1, 0.15) is 0 Å². The molecule has 0 aliphatic carbocycles. The minimum absolute atomic E-state index is 0.613. The number of hydrogen-bond acceptors (Lipinski definition) is 8. The zero-order chi connectivity index (χ0) is 89.9. The van der Waals surface area contributed by atoms with Crippen LogP contribution in [-0.4, -0.2) is 39.0 Å². The maximum Gasteiger partial charge on any atom is 0.164 e. The van der Waals surface area contributed by atoms with Gasteiger partial charge in [-0.2, -0.15) is 0 Å². The van der Waals surface area contributed by atoms with E-state index in [4.69, 9.17) is 29.9 Å². The topological polar surface area (TPSA) is 87.2 Å². The van der Waals surface area contributed by atoms with Crippen molar-refractivity contribution in [2.45, 2.75) is 0 Å². The molecule has 26 aromatic rings. The third-order valence-electron chi connectivity index (χ3n) is 26.2. The zero-order valence-corrected chi connectivity index (χ0v) is 75.2. The lowest BCUT2D eigenvalue weighted by atomic mass is 9.88. The quantitative estimate of drug-likeness (QED) is 0.0958. The number of hydrogen-bond donors (Lipinski definition) is 0. The van der Waals surface area contributed by atoms with Gasteiger partial charge in [0.25, 0.3) is 0 Å². The molecule has 0 atom stereocenters. The lowest BCUT2D eigenvalue weighted by molar-refractivity contribution is 1.07. The first-order valence-corrected chi connectivity index (χ1v) is 47.5. The second-order valence-corrected chi connectivity index (χ2v) is 36.4. The first-order valence-electron chi connectivity index (χ1n) is 45.8. The van der Waals surface area contributed by atoms with E-state index < -0.39 is 0 Å². The molecule has 0 aliphatic heterocycles. The van der Waals surface area contributed by atoms with Crippen molar-refractivity contribution in [1.29, 1.82) is 0 Å². The van der Waals surface area contributed by atoms with Crippen molar-refractivity contribution in [2.24, 2.45) is 0 Å². The van der Waals surface area contributed by atoms with Gasteiger partial charge in [-0.05, 0) is 174 Å². The number of thiophene rings is 2. The van der Waals surface area contributed by atoms with Gasteiger partial charge in [-0.25, -0.2) is 29.9 Å². The SMILES string of the molecule is c1ccc(-c2ccc(-c3ccccc3)c(-c3ccc(-c4ccc5c(c4)sc4cc6c7ccccc7n(-c7ccccc7)c6cc45)c(-c4nc(-c5ccccc5)nc(-c5ccccc5)n4)c3)c2)cc1.c1ccc(-c2ccc(-c3ccccc3)c(-c3ccc(-c4cccc5c4sc4cc6c7ccccc7n(-c7ccccc7)c6cc45)c(-c4nc(-c5ccccc5)nc(-c5ccccc5)n4)c3)c2)cc1. The molecule has 0 unspecified atom stereocenters. The predicted octanol–water partition coefficient (Wildman–Crippen LogP) is 34.0. The molecule has 0 saturated heterocycles. The van der Waals surface area contributed by atoms with E-state index in [1.54, 1.807) is 0 Å². The maximum absolute atomic E-state index is 5.36. The second kappa shape index (κ2) is 34.6. The summed E-state index contributed by atoms with van der Waals surface area (Å²) in [6.45, 7) is 0. The van der Waals surface area contributed by atoms with Crippen molar-refractivity contribution in [1.82, 2.24) is 39.0 Å². The minimum Gasteiger partial charge on any atom is -0.309 e. The number of aromatic nitrogens is 8. The van der Waals surface area contributed by atoms with Gasteiger partial charge in [0.1, 0.15) is 0 Å². The predicted molar refractivity (Wildman–Crippen MR) is 570 cm³/mol. The monoisotopic (exact) mass is 1770 g/mol. The molecular weight excluding hydrogens is 1690 g/mol. The van der Waals surface area contributed by atoms with Crippen LogP contribution in [0.25, 0.3) is 253 Å². The van der Waals surface area contributed by atoms with Crippen molar-refractivity contribution >= 4 is 107 Å². The third-order valence-corrected chi connectivity index (χ3v) is 28.5. The molecule has 0 spiro atoms. The Hall–Kier alpha value is -17.5. The van der Waals surface area contributed by atoms with Crippen LogP contribution in [0.2, 0.25) is 0 Å². The summed E-state index contributed by atoms with van der Waals surface area (Å²) in [6, 6.07) is 173. The Bertz CT molecular complexity index is 8930. The molecule has 0 amide bonds. The van der Waals surface area contributed by atoms with Crippen LogP contribution in [0.3, 0.4) is 0 Å². The Labute approximate surface area is 793 Å². The van der Waals surface area contributed by atoms with Crippen molar-refractivity contribution in [3.63, 3.8) is 0 Å². The van der Waals surface area contributed by atoms with E-state index in [0.29, 0.717) is 34.9 Å². The lowest BCUT2D eigenvalue weighted by Crippen LogP contribution is -2.01. The van der Waals surface area contributed by atoms with Crippen molar-refractivity contribution in [2.75, 3.05) is 0 Å². The summed E-state index contributed by atoms with van der Waals surface area (Å²) in [5, 5.41) is 9.94. The van der Waals surface area contributed by atoms with E-state index in [-0.39, 0.29) is 0 Å². The first-order chi connectivity index (χ1) is 67.4. The molecule has 20 aromatic carbocycles. The molecule has 136 heavy (non-hydrogen) atoms. The number of para-hydroxylation sites is 4. The van der Waals surface area contributed by atoms with Crippen molar-refractivity contribution < 1.29 is 0 Å². The Morgan fingerprint density at radius 1 is 0.140 bits per heavy atom. The van der Waals surface area contributed by atoms with E-state index in [2.05, 4.69) is 422 Å². The van der Waals surface area contributed by atoms with E-state index in [9.17, 15) is 0 Å². The molecular formula is C126H80N8S2. The van der Waals surface area contributed by atoms with E-state index in [1.165, 1.54) is 95.1 Å². The van der Waals surface area contributed by atoms with E-state index in [1.807, 2.05) is 95.5 Å². The molecule has 0 saturated carbocycles. The summed E-state index contributed by atoms with van der Waals surface area (Å²) in [5.41, 5.74) is 30.7. The molecule has 0 bridgehead atoms. The highest BCUT2D eigenvalue weighted by Crippen LogP contribution is 2.50. The highest BCUT2D eigenvalue weighted by Gasteiger charge is 2.26. The summed E-state index contributed by atoms with van der Waals surface area (Å²) >= 11 is 3.70. The molecule has 0 fully saturated rings. The largest absolute Gasteiger partial charge is 0.309 e. The first kappa shape index (κ1) is 80.5. The molecule has 6 aromatic heterocycles. The normalized spacial score (nSPS) is 11.5. The standard InChI is InChI=1S/2C63H40N4S/c1-6-19-41(20-7-1)45-33-35-48(42-21-8-2-9-22-42)53(37-45)46-34-36-49(56(38-46)63-65-61(43-23-10-3-11-24-43)64-62(66-63)44-25-12-4-13-26-44)51-30-18-31-52-55-39-58-54(40-59(55)68-60(51)52)50-29-16-17-32-57(50)67(58)47-27-14-5-15-28-47;1-6-18-41(19-7-1)45-30-33-49(42-20-8-2-9-21-42)53(36-45)46-31-34-50(56(37-46)63-65-61(43-22-10-3-11-23-43)64-62(66-63)44-24-12-4-13-25-44)47-32-35-52-55-39-58-54(40-60(55)68-59(52)38-47)51-28-16-17-29-57(51)67(58)48-26-14-5-15-27-48/h2*1-40H. The molecule has 26 rings (SSSR count). The van der Waals surface area contributed by atoms with Gasteiger partial charge >= 0.3 is 0 Å².